The first-order valence-electron chi connectivity index (χ1n) is 6.00. The lowest BCUT2D eigenvalue weighted by molar-refractivity contribution is 0.430. The number of hydrogen-bond acceptors (Lipinski definition) is 4. The van der Waals surface area contributed by atoms with Gasteiger partial charge < -0.3 is 4.52 Å². The van der Waals surface area contributed by atoms with Gasteiger partial charge in [-0.1, -0.05) is 16.8 Å². The van der Waals surface area contributed by atoms with Crippen LogP contribution >= 0.6 is 11.6 Å². The number of aromatic nitrogens is 4. The van der Waals surface area contributed by atoms with E-state index < -0.39 is 0 Å². The van der Waals surface area contributed by atoms with Gasteiger partial charge in [0, 0.05) is 18.3 Å². The lowest BCUT2D eigenvalue weighted by Crippen LogP contribution is -1.93. The molecule has 0 saturated heterocycles. The van der Waals surface area contributed by atoms with E-state index in [4.69, 9.17) is 16.1 Å². The van der Waals surface area contributed by atoms with Gasteiger partial charge in [0.2, 0.25) is 5.82 Å². The van der Waals surface area contributed by atoms with Crippen molar-refractivity contribution in [2.75, 3.05) is 0 Å². The van der Waals surface area contributed by atoms with Gasteiger partial charge in [-0.25, -0.2) is 4.39 Å². The molecule has 0 saturated carbocycles. The topological polar surface area (TPSA) is 56.7 Å². The van der Waals surface area contributed by atoms with Crippen LogP contribution in [-0.4, -0.2) is 19.9 Å². The van der Waals surface area contributed by atoms with Crippen molar-refractivity contribution >= 4 is 11.6 Å². The van der Waals surface area contributed by atoms with Crippen LogP contribution in [0, 0.1) is 5.82 Å². The van der Waals surface area contributed by atoms with Crippen molar-refractivity contribution < 1.29 is 8.91 Å². The monoisotopic (exact) mass is 292 g/mol. The molecule has 0 aliphatic heterocycles. The highest BCUT2D eigenvalue weighted by molar-refractivity contribution is 6.32. The largest absolute Gasteiger partial charge is 0.332 e. The van der Waals surface area contributed by atoms with Gasteiger partial charge in [0.25, 0.3) is 5.89 Å². The molecule has 0 amide bonds. The Labute approximate surface area is 119 Å². The zero-order valence-electron chi connectivity index (χ0n) is 10.5. The Morgan fingerprint density at radius 3 is 2.70 bits per heavy atom. The molecular formula is C13H10ClFN4O. The van der Waals surface area contributed by atoms with Crippen molar-refractivity contribution in [3.05, 3.63) is 41.3 Å². The molecule has 102 valence electrons. The van der Waals surface area contributed by atoms with E-state index in [9.17, 15) is 4.39 Å². The molecule has 3 rings (SSSR count). The highest BCUT2D eigenvalue weighted by Crippen LogP contribution is 2.27. The van der Waals surface area contributed by atoms with Crippen molar-refractivity contribution in [3.8, 4) is 23.0 Å². The summed E-state index contributed by atoms with van der Waals surface area (Å²) in [7, 11) is 0. The standard InChI is InChI=1S/C13H10ClFN4O/c1-2-19-7-10(14)11(17-19)13-16-12(18-20-13)8-3-5-9(15)6-4-8/h3-7H,2H2,1H3. The quantitative estimate of drug-likeness (QED) is 0.742. The summed E-state index contributed by atoms with van der Waals surface area (Å²) in [6, 6.07) is 5.83. The first kappa shape index (κ1) is 12.8. The Bertz CT molecular complexity index is 735. The van der Waals surface area contributed by atoms with Gasteiger partial charge in [0.05, 0.1) is 5.02 Å². The maximum absolute atomic E-state index is 12.9. The van der Waals surface area contributed by atoms with Gasteiger partial charge in [-0.15, -0.1) is 0 Å². The second-order valence-electron chi connectivity index (χ2n) is 4.11. The number of halogens is 2. The van der Waals surface area contributed by atoms with Crippen molar-refractivity contribution in [2.45, 2.75) is 13.5 Å². The summed E-state index contributed by atoms with van der Waals surface area (Å²) in [5, 5.41) is 8.55. The van der Waals surface area contributed by atoms with Crippen LogP contribution in [0.2, 0.25) is 5.02 Å². The third kappa shape index (κ3) is 2.30. The van der Waals surface area contributed by atoms with Gasteiger partial charge in [-0.3, -0.25) is 4.68 Å². The molecule has 0 bridgehead atoms. The summed E-state index contributed by atoms with van der Waals surface area (Å²) in [4.78, 5) is 4.23. The molecule has 1 aromatic carbocycles. The SMILES string of the molecule is CCn1cc(Cl)c(-c2nc(-c3ccc(F)cc3)no2)n1. The molecule has 2 heterocycles. The van der Waals surface area contributed by atoms with Gasteiger partial charge in [0.15, 0.2) is 5.69 Å². The molecule has 0 N–H and O–H groups in total. The Morgan fingerprint density at radius 1 is 1.30 bits per heavy atom. The van der Waals surface area contributed by atoms with Crippen molar-refractivity contribution in [2.24, 2.45) is 0 Å². The molecule has 0 radical (unpaired) electrons. The number of benzene rings is 1. The number of nitrogens with zero attached hydrogens (tertiary/aromatic N) is 4. The van der Waals surface area contributed by atoms with E-state index >= 15 is 0 Å². The normalized spacial score (nSPS) is 10.9. The van der Waals surface area contributed by atoms with Crippen LogP contribution in [0.5, 0.6) is 0 Å². The van der Waals surface area contributed by atoms with Gasteiger partial charge in [-0.2, -0.15) is 10.1 Å². The summed E-state index contributed by atoms with van der Waals surface area (Å²) < 4.78 is 19.7. The summed E-state index contributed by atoms with van der Waals surface area (Å²) in [5.41, 5.74) is 1.10. The summed E-state index contributed by atoms with van der Waals surface area (Å²) in [5.74, 6) is 0.283. The van der Waals surface area contributed by atoms with Crippen LogP contribution in [0.15, 0.2) is 35.0 Å². The summed E-state index contributed by atoms with van der Waals surface area (Å²) >= 11 is 6.07. The highest BCUT2D eigenvalue weighted by atomic mass is 35.5. The maximum Gasteiger partial charge on any atom is 0.280 e. The molecule has 0 aliphatic carbocycles. The van der Waals surface area contributed by atoms with E-state index in [1.807, 2.05) is 6.92 Å². The van der Waals surface area contributed by atoms with Gasteiger partial charge >= 0.3 is 0 Å². The van der Waals surface area contributed by atoms with Crippen molar-refractivity contribution in [1.82, 2.24) is 19.9 Å². The zero-order valence-corrected chi connectivity index (χ0v) is 11.3. The fourth-order valence-corrected chi connectivity index (χ4v) is 1.97. The Balaban J connectivity index is 1.97. The maximum atomic E-state index is 12.9. The highest BCUT2D eigenvalue weighted by Gasteiger charge is 2.17. The minimum absolute atomic E-state index is 0.238. The van der Waals surface area contributed by atoms with Crippen LogP contribution in [-0.2, 0) is 6.54 Å². The number of rotatable bonds is 3. The van der Waals surface area contributed by atoms with Crippen molar-refractivity contribution in [1.29, 1.82) is 0 Å². The van der Waals surface area contributed by atoms with E-state index in [0.29, 0.717) is 28.6 Å². The second-order valence-corrected chi connectivity index (χ2v) is 4.52. The van der Waals surface area contributed by atoms with Crippen LogP contribution in [0.1, 0.15) is 6.92 Å². The van der Waals surface area contributed by atoms with Crippen LogP contribution in [0.4, 0.5) is 4.39 Å². The average molecular weight is 293 g/mol. The molecule has 0 unspecified atom stereocenters. The molecule has 2 aromatic heterocycles. The van der Waals surface area contributed by atoms with Gasteiger partial charge in [-0.05, 0) is 31.2 Å². The molecule has 0 spiro atoms. The molecule has 7 heteroatoms. The van der Waals surface area contributed by atoms with Gasteiger partial charge in [0.1, 0.15) is 5.82 Å². The lowest BCUT2D eigenvalue weighted by Gasteiger charge is -1.92. The third-order valence-corrected chi connectivity index (χ3v) is 3.05. The minimum Gasteiger partial charge on any atom is -0.332 e. The van der Waals surface area contributed by atoms with E-state index in [2.05, 4.69) is 15.2 Å². The summed E-state index contributed by atoms with van der Waals surface area (Å²) in [6.45, 7) is 2.64. The predicted octanol–water partition coefficient (Wildman–Crippen LogP) is 3.41. The molecule has 20 heavy (non-hydrogen) atoms. The Hall–Kier alpha value is -2.21. The number of hydrogen-bond donors (Lipinski definition) is 0. The van der Waals surface area contributed by atoms with Crippen LogP contribution in [0.25, 0.3) is 23.0 Å². The molecule has 0 fully saturated rings. The lowest BCUT2D eigenvalue weighted by atomic mass is 10.2. The molecule has 0 aliphatic rings. The predicted molar refractivity (Wildman–Crippen MR) is 71.6 cm³/mol. The van der Waals surface area contributed by atoms with E-state index in [0.717, 1.165) is 0 Å². The molecule has 5 nitrogen and oxygen atoms in total. The molecule has 3 aromatic rings. The number of aryl methyl sites for hydroxylation is 1. The van der Waals surface area contributed by atoms with E-state index in [1.165, 1.54) is 12.1 Å². The van der Waals surface area contributed by atoms with E-state index in [1.54, 1.807) is 23.0 Å². The Morgan fingerprint density at radius 2 is 2.05 bits per heavy atom. The van der Waals surface area contributed by atoms with Crippen molar-refractivity contribution in [3.63, 3.8) is 0 Å². The van der Waals surface area contributed by atoms with E-state index in [-0.39, 0.29) is 11.7 Å². The minimum atomic E-state index is -0.317. The first-order valence-corrected chi connectivity index (χ1v) is 6.38. The summed E-state index contributed by atoms with van der Waals surface area (Å²) in [6.07, 6.45) is 1.69. The first-order chi connectivity index (χ1) is 9.67. The second kappa shape index (κ2) is 5.05. The third-order valence-electron chi connectivity index (χ3n) is 2.77. The Kier molecular flexibility index (Phi) is 3.23. The van der Waals surface area contributed by atoms with Crippen LogP contribution in [0.3, 0.4) is 0 Å². The molecule has 0 atom stereocenters. The smallest absolute Gasteiger partial charge is 0.280 e. The zero-order chi connectivity index (χ0) is 14.1. The fourth-order valence-electron chi connectivity index (χ4n) is 1.74. The van der Waals surface area contributed by atoms with Crippen LogP contribution < -0.4 is 0 Å². The molecular weight excluding hydrogens is 283 g/mol. The fraction of sp³-hybridized carbons (Fsp3) is 0.154. The average Bonchev–Trinajstić information content (AvgIpc) is 3.06.